The Bertz CT molecular complexity index is 1060. The molecule has 0 unspecified atom stereocenters. The Hall–Kier alpha value is -2.51. The molecule has 30 heavy (non-hydrogen) atoms. The molecule has 2 saturated heterocycles. The number of hydrogen-bond acceptors (Lipinski definition) is 6. The number of aromatic nitrogens is 2. The standard InChI is InChI=1S/C23H27N5OS/c1-24-22(29)20-7-5-6-18(25-20)16-8-9-19-21(14-16)30-23(26-19)28-13-10-17(15-28)27-11-3-2-4-12-27/h5-9,14,17H,2-4,10-13,15H2,1H3,(H,24,29)/t17-/m1/s1. The van der Waals surface area contributed by atoms with Crippen LogP contribution in [0.4, 0.5) is 5.13 Å². The number of anilines is 1. The maximum atomic E-state index is 11.9. The Balaban J connectivity index is 1.36. The van der Waals surface area contributed by atoms with Crippen molar-refractivity contribution in [1.82, 2.24) is 20.2 Å². The predicted octanol–water partition coefficient (Wildman–Crippen LogP) is 3.78. The third-order valence-corrected chi connectivity index (χ3v) is 7.30. The van der Waals surface area contributed by atoms with E-state index in [0.29, 0.717) is 11.7 Å². The van der Waals surface area contributed by atoms with Gasteiger partial charge in [-0.2, -0.15) is 0 Å². The molecule has 5 rings (SSSR count). The Morgan fingerprint density at radius 1 is 1.10 bits per heavy atom. The number of pyridine rings is 1. The van der Waals surface area contributed by atoms with Crippen LogP contribution in [0.25, 0.3) is 21.5 Å². The summed E-state index contributed by atoms with van der Waals surface area (Å²) in [4.78, 5) is 26.5. The van der Waals surface area contributed by atoms with Crippen LogP contribution in [0, 0.1) is 0 Å². The number of rotatable bonds is 4. The molecule has 156 valence electrons. The smallest absolute Gasteiger partial charge is 0.269 e. The molecule has 2 aromatic heterocycles. The van der Waals surface area contributed by atoms with Crippen LogP contribution in [0.15, 0.2) is 36.4 Å². The maximum Gasteiger partial charge on any atom is 0.269 e. The molecule has 1 amide bonds. The van der Waals surface area contributed by atoms with Crippen LogP contribution in [0.3, 0.4) is 0 Å². The van der Waals surface area contributed by atoms with Crippen LogP contribution >= 0.6 is 11.3 Å². The molecule has 6 nitrogen and oxygen atoms in total. The number of likely N-dealkylation sites (tertiary alicyclic amines) is 1. The van der Waals surface area contributed by atoms with E-state index < -0.39 is 0 Å². The number of hydrogen-bond donors (Lipinski definition) is 1. The number of nitrogens with zero attached hydrogens (tertiary/aromatic N) is 4. The zero-order valence-corrected chi connectivity index (χ0v) is 18.1. The average Bonchev–Trinajstić information content (AvgIpc) is 3.46. The molecule has 0 bridgehead atoms. The summed E-state index contributed by atoms with van der Waals surface area (Å²) in [5, 5.41) is 3.75. The summed E-state index contributed by atoms with van der Waals surface area (Å²) in [6.07, 6.45) is 5.30. The summed E-state index contributed by atoms with van der Waals surface area (Å²) in [6, 6.07) is 12.5. The molecule has 3 aromatic rings. The summed E-state index contributed by atoms with van der Waals surface area (Å²) in [5.41, 5.74) is 3.28. The first-order valence-electron chi connectivity index (χ1n) is 10.8. The van der Waals surface area contributed by atoms with Crippen LogP contribution < -0.4 is 10.2 Å². The fourth-order valence-electron chi connectivity index (χ4n) is 4.55. The first-order chi connectivity index (χ1) is 14.7. The van der Waals surface area contributed by atoms with Crippen molar-refractivity contribution in [3.63, 3.8) is 0 Å². The molecule has 1 atom stereocenters. The molecule has 1 aromatic carbocycles. The van der Waals surface area contributed by atoms with Crippen LogP contribution in [0.5, 0.6) is 0 Å². The molecule has 0 aliphatic carbocycles. The number of nitrogens with one attached hydrogen (secondary N) is 1. The monoisotopic (exact) mass is 421 g/mol. The second-order valence-corrected chi connectivity index (χ2v) is 9.16. The quantitative estimate of drug-likeness (QED) is 0.695. The zero-order chi connectivity index (χ0) is 20.5. The van der Waals surface area contributed by atoms with Gasteiger partial charge in [0.05, 0.1) is 15.9 Å². The number of amides is 1. The highest BCUT2D eigenvalue weighted by Crippen LogP contribution is 2.34. The van der Waals surface area contributed by atoms with E-state index in [0.717, 1.165) is 39.7 Å². The number of thiazole rings is 1. The molecule has 0 saturated carbocycles. The number of piperidine rings is 1. The second-order valence-electron chi connectivity index (χ2n) is 8.15. The summed E-state index contributed by atoms with van der Waals surface area (Å²) in [6.45, 7) is 4.68. The minimum Gasteiger partial charge on any atom is -0.354 e. The number of fused-ring (bicyclic) bond motifs is 1. The van der Waals surface area contributed by atoms with Gasteiger partial charge in [0, 0.05) is 31.7 Å². The van der Waals surface area contributed by atoms with Crippen molar-refractivity contribution in [1.29, 1.82) is 0 Å². The highest BCUT2D eigenvalue weighted by molar-refractivity contribution is 7.22. The Morgan fingerprint density at radius 3 is 2.80 bits per heavy atom. The van der Waals surface area contributed by atoms with E-state index in [1.165, 1.54) is 38.8 Å². The van der Waals surface area contributed by atoms with Crippen molar-refractivity contribution in [2.75, 3.05) is 38.1 Å². The summed E-state index contributed by atoms with van der Waals surface area (Å²) in [7, 11) is 1.62. The fraction of sp³-hybridized carbons (Fsp3) is 0.435. The third-order valence-electron chi connectivity index (χ3n) is 6.22. The molecule has 0 spiro atoms. The minimum absolute atomic E-state index is 0.171. The third kappa shape index (κ3) is 3.79. The van der Waals surface area contributed by atoms with E-state index in [1.807, 2.05) is 18.2 Å². The van der Waals surface area contributed by atoms with Gasteiger partial charge >= 0.3 is 0 Å². The van der Waals surface area contributed by atoms with Gasteiger partial charge in [-0.15, -0.1) is 0 Å². The van der Waals surface area contributed by atoms with Gasteiger partial charge in [-0.05, 0) is 56.6 Å². The topological polar surface area (TPSA) is 61.4 Å². The molecule has 1 N–H and O–H groups in total. The van der Waals surface area contributed by atoms with Gasteiger partial charge in [-0.1, -0.05) is 29.9 Å². The number of carbonyl (C=O) groups is 1. The van der Waals surface area contributed by atoms with Crippen molar-refractivity contribution in [2.45, 2.75) is 31.7 Å². The van der Waals surface area contributed by atoms with Crippen molar-refractivity contribution in [2.24, 2.45) is 0 Å². The van der Waals surface area contributed by atoms with E-state index in [9.17, 15) is 4.79 Å². The number of benzene rings is 1. The van der Waals surface area contributed by atoms with Crippen LogP contribution in [0.2, 0.25) is 0 Å². The Labute approximate surface area is 180 Å². The number of carbonyl (C=O) groups excluding carboxylic acids is 1. The van der Waals surface area contributed by atoms with Gasteiger partial charge in [0.1, 0.15) is 5.69 Å². The minimum atomic E-state index is -0.171. The van der Waals surface area contributed by atoms with E-state index in [-0.39, 0.29) is 5.91 Å². The van der Waals surface area contributed by atoms with Crippen LogP contribution in [-0.4, -0.2) is 60.0 Å². The van der Waals surface area contributed by atoms with E-state index in [2.05, 4.69) is 32.2 Å². The summed E-state index contributed by atoms with van der Waals surface area (Å²) >= 11 is 1.76. The van der Waals surface area contributed by atoms with Crippen molar-refractivity contribution >= 4 is 32.6 Å². The lowest BCUT2D eigenvalue weighted by Crippen LogP contribution is -2.40. The highest BCUT2D eigenvalue weighted by Gasteiger charge is 2.30. The van der Waals surface area contributed by atoms with Crippen LogP contribution in [0.1, 0.15) is 36.2 Å². The lowest BCUT2D eigenvalue weighted by Gasteiger charge is -2.32. The summed E-state index contributed by atoms with van der Waals surface area (Å²) < 4.78 is 1.16. The average molecular weight is 422 g/mol. The molecule has 2 aliphatic heterocycles. The van der Waals surface area contributed by atoms with Gasteiger partial charge in [0.15, 0.2) is 5.13 Å². The first kappa shape index (κ1) is 19.5. The highest BCUT2D eigenvalue weighted by atomic mass is 32.1. The summed E-state index contributed by atoms with van der Waals surface area (Å²) in [5.74, 6) is -0.171. The Kier molecular flexibility index (Phi) is 5.39. The Morgan fingerprint density at radius 2 is 1.97 bits per heavy atom. The lowest BCUT2D eigenvalue weighted by atomic mass is 10.1. The van der Waals surface area contributed by atoms with Gasteiger partial charge in [0.25, 0.3) is 5.91 Å². The molecule has 2 aliphatic rings. The van der Waals surface area contributed by atoms with Gasteiger partial charge < -0.3 is 10.2 Å². The van der Waals surface area contributed by atoms with Gasteiger partial charge in [0.2, 0.25) is 0 Å². The molecule has 4 heterocycles. The zero-order valence-electron chi connectivity index (χ0n) is 17.3. The van der Waals surface area contributed by atoms with E-state index in [4.69, 9.17) is 4.98 Å². The molecular formula is C23H27N5OS. The molecular weight excluding hydrogens is 394 g/mol. The largest absolute Gasteiger partial charge is 0.354 e. The first-order valence-corrected chi connectivity index (χ1v) is 11.6. The lowest BCUT2D eigenvalue weighted by molar-refractivity contribution is 0.0958. The van der Waals surface area contributed by atoms with Crippen molar-refractivity contribution in [3.8, 4) is 11.3 Å². The van der Waals surface area contributed by atoms with Crippen LogP contribution in [-0.2, 0) is 0 Å². The van der Waals surface area contributed by atoms with Crippen molar-refractivity contribution in [3.05, 3.63) is 42.1 Å². The maximum absolute atomic E-state index is 11.9. The van der Waals surface area contributed by atoms with Gasteiger partial charge in [-0.3, -0.25) is 9.69 Å². The van der Waals surface area contributed by atoms with Crippen molar-refractivity contribution < 1.29 is 4.79 Å². The molecule has 7 heteroatoms. The SMILES string of the molecule is CNC(=O)c1cccc(-c2ccc3nc(N4CC[C@@H](N5CCCCC5)C4)sc3c2)n1. The predicted molar refractivity (Wildman–Crippen MR) is 122 cm³/mol. The van der Waals surface area contributed by atoms with Gasteiger partial charge in [-0.25, -0.2) is 9.97 Å². The van der Waals surface area contributed by atoms with E-state index >= 15 is 0 Å². The second kappa shape index (κ2) is 8.32. The van der Waals surface area contributed by atoms with E-state index in [1.54, 1.807) is 24.5 Å². The molecule has 2 fully saturated rings. The molecule has 0 radical (unpaired) electrons. The fourth-order valence-corrected chi connectivity index (χ4v) is 5.59. The normalized spacial score (nSPS) is 20.0.